The van der Waals surface area contributed by atoms with Crippen molar-refractivity contribution >= 4 is 34.3 Å². The molecule has 2 aromatic heterocycles. The van der Waals surface area contributed by atoms with Crippen LogP contribution in [0.1, 0.15) is 27.4 Å². The van der Waals surface area contributed by atoms with E-state index in [0.29, 0.717) is 27.1 Å². The normalized spacial score (nSPS) is 11.1. The largest absolute Gasteiger partial charge is 0.481 e. The molecule has 0 aliphatic carbocycles. The molecule has 3 aromatic rings. The van der Waals surface area contributed by atoms with Gasteiger partial charge in [0.15, 0.2) is 5.76 Å². The van der Waals surface area contributed by atoms with E-state index in [1.165, 1.54) is 13.4 Å². The van der Waals surface area contributed by atoms with Crippen molar-refractivity contribution in [3.8, 4) is 0 Å². The number of carbonyl (C=O) groups is 2. The standard InChI is InChI=1S/C17H14ClNO5/c1-23-8-9-4-5-24-17(9)16(22)15-12(7-14(20)21)11-3-2-10(18)6-13(11)19-15/h2-6,19H,7-8H2,1H3,(H,20,21). The molecule has 1 aromatic carbocycles. The van der Waals surface area contributed by atoms with Crippen molar-refractivity contribution in [2.24, 2.45) is 0 Å². The zero-order chi connectivity index (χ0) is 17.3. The summed E-state index contributed by atoms with van der Waals surface area (Å²) in [6.07, 6.45) is 1.11. The molecule has 0 saturated heterocycles. The molecule has 24 heavy (non-hydrogen) atoms. The molecular formula is C17H14ClNO5. The summed E-state index contributed by atoms with van der Waals surface area (Å²) in [5.41, 5.74) is 1.78. The van der Waals surface area contributed by atoms with Gasteiger partial charge in [-0.15, -0.1) is 0 Å². The van der Waals surface area contributed by atoms with Crippen LogP contribution in [-0.2, 0) is 22.6 Å². The fourth-order valence-corrected chi connectivity index (χ4v) is 2.85. The Hall–Kier alpha value is -2.57. The van der Waals surface area contributed by atoms with Gasteiger partial charge in [-0.3, -0.25) is 9.59 Å². The molecule has 0 bridgehead atoms. The van der Waals surface area contributed by atoms with Crippen molar-refractivity contribution in [1.82, 2.24) is 4.98 Å². The molecule has 2 N–H and O–H groups in total. The number of H-pyrrole nitrogens is 1. The van der Waals surface area contributed by atoms with E-state index in [2.05, 4.69) is 4.98 Å². The van der Waals surface area contributed by atoms with Gasteiger partial charge in [-0.25, -0.2) is 0 Å². The molecule has 124 valence electrons. The average Bonchev–Trinajstić information content (AvgIpc) is 3.11. The highest BCUT2D eigenvalue weighted by Gasteiger charge is 2.25. The topological polar surface area (TPSA) is 92.5 Å². The van der Waals surface area contributed by atoms with E-state index in [-0.39, 0.29) is 24.5 Å². The van der Waals surface area contributed by atoms with Gasteiger partial charge in [0.2, 0.25) is 5.78 Å². The van der Waals surface area contributed by atoms with Crippen LogP contribution < -0.4 is 0 Å². The molecule has 0 saturated carbocycles. The lowest BCUT2D eigenvalue weighted by Gasteiger charge is -2.03. The summed E-state index contributed by atoms with van der Waals surface area (Å²) in [6, 6.07) is 6.65. The minimum Gasteiger partial charge on any atom is -0.481 e. The van der Waals surface area contributed by atoms with E-state index in [0.717, 1.165) is 0 Å². The molecule has 0 fully saturated rings. The summed E-state index contributed by atoms with van der Waals surface area (Å²) in [5, 5.41) is 10.3. The minimum absolute atomic E-state index is 0.126. The maximum Gasteiger partial charge on any atom is 0.307 e. The van der Waals surface area contributed by atoms with Crippen LogP contribution in [-0.4, -0.2) is 29.0 Å². The lowest BCUT2D eigenvalue weighted by Crippen LogP contribution is -2.10. The number of carbonyl (C=O) groups excluding carboxylic acids is 1. The first-order valence-electron chi connectivity index (χ1n) is 7.13. The molecule has 7 heteroatoms. The zero-order valence-corrected chi connectivity index (χ0v) is 13.5. The van der Waals surface area contributed by atoms with Crippen molar-refractivity contribution in [1.29, 1.82) is 0 Å². The predicted octanol–water partition coefficient (Wildman–Crippen LogP) is 3.42. The number of aliphatic carboxylic acids is 1. The summed E-state index contributed by atoms with van der Waals surface area (Å²) in [5.74, 6) is -1.33. The number of hydrogen-bond donors (Lipinski definition) is 2. The molecule has 0 radical (unpaired) electrons. The SMILES string of the molecule is COCc1ccoc1C(=O)c1[nH]c2cc(Cl)ccc2c1CC(=O)O. The van der Waals surface area contributed by atoms with Crippen molar-refractivity contribution in [3.05, 3.63) is 58.1 Å². The van der Waals surface area contributed by atoms with E-state index in [1.807, 2.05) is 0 Å². The number of carboxylic acid groups (broad SMARTS) is 1. The van der Waals surface area contributed by atoms with E-state index in [9.17, 15) is 14.7 Å². The van der Waals surface area contributed by atoms with E-state index in [1.54, 1.807) is 24.3 Å². The van der Waals surface area contributed by atoms with Crippen LogP contribution in [0.2, 0.25) is 5.02 Å². The van der Waals surface area contributed by atoms with Crippen LogP contribution in [0.4, 0.5) is 0 Å². The van der Waals surface area contributed by atoms with Crippen LogP contribution in [0.3, 0.4) is 0 Å². The van der Waals surface area contributed by atoms with Crippen LogP contribution >= 0.6 is 11.6 Å². The second-order valence-corrected chi connectivity index (χ2v) is 5.71. The van der Waals surface area contributed by atoms with Crippen molar-refractivity contribution in [2.75, 3.05) is 7.11 Å². The van der Waals surface area contributed by atoms with E-state index < -0.39 is 11.8 Å². The van der Waals surface area contributed by atoms with Crippen LogP contribution in [0.15, 0.2) is 34.9 Å². The van der Waals surface area contributed by atoms with Gasteiger partial charge in [0.25, 0.3) is 0 Å². The van der Waals surface area contributed by atoms with Gasteiger partial charge in [0.1, 0.15) is 0 Å². The van der Waals surface area contributed by atoms with Crippen molar-refractivity contribution in [2.45, 2.75) is 13.0 Å². The fraction of sp³-hybridized carbons (Fsp3) is 0.176. The number of ether oxygens (including phenoxy) is 1. The van der Waals surface area contributed by atoms with Crippen molar-refractivity contribution in [3.63, 3.8) is 0 Å². The lowest BCUT2D eigenvalue weighted by atomic mass is 10.0. The molecule has 0 unspecified atom stereocenters. The molecule has 0 atom stereocenters. The Balaban J connectivity index is 2.15. The number of aromatic amines is 1. The second-order valence-electron chi connectivity index (χ2n) is 5.28. The lowest BCUT2D eigenvalue weighted by molar-refractivity contribution is -0.136. The van der Waals surface area contributed by atoms with E-state index in [4.69, 9.17) is 20.8 Å². The third-order valence-electron chi connectivity index (χ3n) is 3.68. The molecule has 0 aliphatic rings. The second kappa shape index (κ2) is 6.51. The summed E-state index contributed by atoms with van der Waals surface area (Å²) in [6.45, 7) is 0.220. The number of ketones is 1. The Morgan fingerprint density at radius 3 is 2.83 bits per heavy atom. The van der Waals surface area contributed by atoms with Gasteiger partial charge in [0.05, 0.1) is 25.0 Å². The number of nitrogens with one attached hydrogen (secondary N) is 1. The number of rotatable bonds is 6. The van der Waals surface area contributed by atoms with Crippen LogP contribution in [0, 0.1) is 0 Å². The highest BCUT2D eigenvalue weighted by Crippen LogP contribution is 2.28. The van der Waals surface area contributed by atoms with Crippen LogP contribution in [0.5, 0.6) is 0 Å². The quantitative estimate of drug-likeness (QED) is 0.666. The van der Waals surface area contributed by atoms with Crippen molar-refractivity contribution < 1.29 is 23.8 Å². The number of fused-ring (bicyclic) bond motifs is 1. The predicted molar refractivity (Wildman–Crippen MR) is 87.5 cm³/mol. The first-order valence-corrected chi connectivity index (χ1v) is 7.51. The Morgan fingerprint density at radius 1 is 1.33 bits per heavy atom. The summed E-state index contributed by atoms with van der Waals surface area (Å²) >= 11 is 5.98. The van der Waals surface area contributed by atoms with Gasteiger partial charge in [0, 0.05) is 34.2 Å². The summed E-state index contributed by atoms with van der Waals surface area (Å²) < 4.78 is 10.3. The van der Waals surface area contributed by atoms with Gasteiger partial charge in [-0.1, -0.05) is 17.7 Å². The third-order valence-corrected chi connectivity index (χ3v) is 3.91. The number of hydrogen-bond acceptors (Lipinski definition) is 4. The number of aromatic nitrogens is 1. The number of carboxylic acids is 1. The van der Waals surface area contributed by atoms with Gasteiger partial charge < -0.3 is 19.2 Å². The Kier molecular flexibility index (Phi) is 4.42. The number of furan rings is 1. The maximum atomic E-state index is 12.9. The number of benzene rings is 1. The first-order chi connectivity index (χ1) is 11.5. The smallest absolute Gasteiger partial charge is 0.307 e. The van der Waals surface area contributed by atoms with E-state index >= 15 is 0 Å². The van der Waals surface area contributed by atoms with Gasteiger partial charge in [-0.05, 0) is 18.2 Å². The Bertz CT molecular complexity index is 924. The average molecular weight is 348 g/mol. The molecule has 0 amide bonds. The molecule has 3 rings (SSSR count). The molecular weight excluding hydrogens is 334 g/mol. The van der Waals surface area contributed by atoms with Crippen LogP contribution in [0.25, 0.3) is 10.9 Å². The molecule has 0 spiro atoms. The molecule has 2 heterocycles. The first kappa shape index (κ1) is 16.3. The third kappa shape index (κ3) is 2.93. The molecule has 0 aliphatic heterocycles. The monoisotopic (exact) mass is 347 g/mol. The highest BCUT2D eigenvalue weighted by molar-refractivity contribution is 6.31. The fourth-order valence-electron chi connectivity index (χ4n) is 2.67. The highest BCUT2D eigenvalue weighted by atomic mass is 35.5. The Labute approximate surface area is 142 Å². The Morgan fingerprint density at radius 2 is 2.12 bits per heavy atom. The number of halogens is 1. The summed E-state index contributed by atoms with van der Waals surface area (Å²) in [7, 11) is 1.52. The summed E-state index contributed by atoms with van der Waals surface area (Å²) in [4.78, 5) is 27.0. The maximum absolute atomic E-state index is 12.9. The van der Waals surface area contributed by atoms with Gasteiger partial charge >= 0.3 is 5.97 Å². The zero-order valence-electron chi connectivity index (χ0n) is 12.8. The number of methoxy groups -OCH3 is 1. The molecule has 6 nitrogen and oxygen atoms in total. The minimum atomic E-state index is -1.03. The van der Waals surface area contributed by atoms with Gasteiger partial charge in [-0.2, -0.15) is 0 Å².